The van der Waals surface area contributed by atoms with Crippen LogP contribution >= 0.6 is 0 Å². The second kappa shape index (κ2) is 8.80. The number of aliphatic hydroxyl groups is 1. The Kier molecular flexibility index (Phi) is 6.99. The van der Waals surface area contributed by atoms with Gasteiger partial charge in [-0.25, -0.2) is 0 Å². The van der Waals surface area contributed by atoms with Gasteiger partial charge in [0.15, 0.2) is 0 Å². The van der Waals surface area contributed by atoms with Crippen LogP contribution in [0, 0.1) is 5.92 Å². The molecule has 3 heteroatoms. The molecule has 0 saturated carbocycles. The molecule has 2 aromatic carbocycles. The van der Waals surface area contributed by atoms with Crippen molar-refractivity contribution < 1.29 is 9.53 Å². The van der Waals surface area contributed by atoms with E-state index in [9.17, 15) is 5.11 Å². The maximum absolute atomic E-state index is 9.79. The molecular formula is C23H32O2Si. The first kappa shape index (κ1) is 20.6. The molecule has 2 nitrogen and oxygen atoms in total. The molecule has 0 aliphatic rings. The molecule has 0 bridgehead atoms. The van der Waals surface area contributed by atoms with Crippen molar-refractivity contribution in [2.45, 2.75) is 45.3 Å². The van der Waals surface area contributed by atoms with E-state index in [1.807, 2.05) is 13.0 Å². The van der Waals surface area contributed by atoms with E-state index in [2.05, 4.69) is 88.0 Å². The van der Waals surface area contributed by atoms with Gasteiger partial charge < -0.3 is 9.53 Å². The molecule has 0 amide bonds. The predicted octanol–water partition coefficient (Wildman–Crippen LogP) is 4.14. The molecule has 0 fully saturated rings. The highest BCUT2D eigenvalue weighted by Gasteiger charge is 2.50. The summed E-state index contributed by atoms with van der Waals surface area (Å²) in [4.78, 5) is 0. The van der Waals surface area contributed by atoms with Gasteiger partial charge in [0, 0.05) is 12.5 Å². The van der Waals surface area contributed by atoms with E-state index in [0.29, 0.717) is 13.0 Å². The molecule has 2 aromatic rings. The largest absolute Gasteiger partial charge is 0.407 e. The summed E-state index contributed by atoms with van der Waals surface area (Å²) in [6.45, 7) is 13.2. The maximum atomic E-state index is 9.79. The first-order valence-electron chi connectivity index (χ1n) is 9.37. The van der Waals surface area contributed by atoms with Crippen LogP contribution in [0.1, 0.15) is 34.1 Å². The molecular weight excluding hydrogens is 336 g/mol. The number of hydrogen-bond acceptors (Lipinski definition) is 2. The highest BCUT2D eigenvalue weighted by atomic mass is 28.4. The lowest BCUT2D eigenvalue weighted by Gasteiger charge is -2.43. The summed E-state index contributed by atoms with van der Waals surface area (Å²) >= 11 is 0. The van der Waals surface area contributed by atoms with E-state index in [1.165, 1.54) is 10.4 Å². The summed E-state index contributed by atoms with van der Waals surface area (Å²) in [6, 6.07) is 21.3. The summed E-state index contributed by atoms with van der Waals surface area (Å²) in [7, 11) is -2.51. The van der Waals surface area contributed by atoms with Crippen LogP contribution in [0.2, 0.25) is 5.04 Å². The molecule has 1 N–H and O–H groups in total. The molecule has 0 aromatic heterocycles. The molecule has 0 aliphatic carbocycles. The molecule has 0 aliphatic heterocycles. The fourth-order valence-corrected chi connectivity index (χ4v) is 8.28. The third kappa shape index (κ3) is 4.53. The van der Waals surface area contributed by atoms with Crippen molar-refractivity contribution in [1.82, 2.24) is 0 Å². The lowest BCUT2D eigenvalue weighted by molar-refractivity contribution is 0.148. The lowest BCUT2D eigenvalue weighted by atomic mass is 10.0. The van der Waals surface area contributed by atoms with Gasteiger partial charge in [0.25, 0.3) is 8.32 Å². The van der Waals surface area contributed by atoms with Crippen molar-refractivity contribution in [2.24, 2.45) is 5.92 Å². The van der Waals surface area contributed by atoms with Gasteiger partial charge in [0.05, 0.1) is 6.10 Å². The Hall–Kier alpha value is -1.68. The Morgan fingerprint density at radius 2 is 1.46 bits per heavy atom. The quantitative estimate of drug-likeness (QED) is 0.561. The lowest BCUT2D eigenvalue weighted by Crippen LogP contribution is -2.66. The van der Waals surface area contributed by atoms with E-state index in [-0.39, 0.29) is 17.1 Å². The van der Waals surface area contributed by atoms with Crippen LogP contribution < -0.4 is 10.4 Å². The first-order chi connectivity index (χ1) is 12.3. The van der Waals surface area contributed by atoms with Crippen molar-refractivity contribution >= 4 is 18.7 Å². The fourth-order valence-electron chi connectivity index (χ4n) is 3.66. The van der Waals surface area contributed by atoms with Gasteiger partial charge in [-0.1, -0.05) is 87.5 Å². The fraction of sp³-hybridized carbons (Fsp3) is 0.391. The minimum absolute atomic E-state index is 0.0355. The second-order valence-corrected chi connectivity index (χ2v) is 12.4. The normalized spacial score (nSPS) is 14.7. The molecule has 0 spiro atoms. The Bertz CT molecular complexity index is 635. The minimum atomic E-state index is -2.51. The standard InChI is InChI=1S/C23H32O2Si/c1-6-20(17-19(2)24)18-25-26(23(3,4)5,21-13-9-7-10-14-21)22-15-11-8-12-16-22/h6-16,19-20,24H,1,17-18H2,2-5H3/t19-,20-/m1/s1. The zero-order valence-electron chi connectivity index (χ0n) is 16.5. The predicted molar refractivity (Wildman–Crippen MR) is 114 cm³/mol. The Labute approximate surface area is 159 Å². The summed E-state index contributed by atoms with van der Waals surface area (Å²) in [6.07, 6.45) is 2.22. The van der Waals surface area contributed by atoms with Crippen molar-refractivity contribution in [3.05, 3.63) is 73.3 Å². The van der Waals surface area contributed by atoms with Crippen LogP contribution in [0.3, 0.4) is 0 Å². The average Bonchev–Trinajstić information content (AvgIpc) is 2.61. The first-order valence-corrected chi connectivity index (χ1v) is 11.3. The Morgan fingerprint density at radius 3 is 1.81 bits per heavy atom. The number of aliphatic hydroxyl groups excluding tert-OH is 1. The molecule has 2 atom stereocenters. The molecule has 140 valence electrons. The third-order valence-electron chi connectivity index (χ3n) is 4.91. The second-order valence-electron chi connectivity index (χ2n) is 8.05. The summed E-state index contributed by atoms with van der Waals surface area (Å²) in [5.74, 6) is 0.136. The van der Waals surface area contributed by atoms with Crippen molar-refractivity contribution in [3.63, 3.8) is 0 Å². The van der Waals surface area contributed by atoms with E-state index in [1.54, 1.807) is 0 Å². The minimum Gasteiger partial charge on any atom is -0.407 e. The van der Waals surface area contributed by atoms with E-state index >= 15 is 0 Å². The van der Waals surface area contributed by atoms with Crippen LogP contribution in [0.15, 0.2) is 73.3 Å². The molecule has 0 radical (unpaired) electrons. The van der Waals surface area contributed by atoms with Gasteiger partial charge in [0.2, 0.25) is 0 Å². The van der Waals surface area contributed by atoms with Crippen LogP contribution in [0.4, 0.5) is 0 Å². The topological polar surface area (TPSA) is 29.5 Å². The van der Waals surface area contributed by atoms with E-state index < -0.39 is 8.32 Å². The van der Waals surface area contributed by atoms with Crippen LogP contribution in [0.5, 0.6) is 0 Å². The van der Waals surface area contributed by atoms with Crippen LogP contribution in [0.25, 0.3) is 0 Å². The van der Waals surface area contributed by atoms with Crippen LogP contribution in [-0.4, -0.2) is 26.1 Å². The molecule has 0 heterocycles. The van der Waals surface area contributed by atoms with Crippen molar-refractivity contribution in [2.75, 3.05) is 6.61 Å². The number of benzene rings is 2. The number of hydrogen-bond donors (Lipinski definition) is 1. The Morgan fingerprint density at radius 1 is 1.00 bits per heavy atom. The van der Waals surface area contributed by atoms with Gasteiger partial charge >= 0.3 is 0 Å². The number of rotatable bonds is 8. The molecule has 0 unspecified atom stereocenters. The van der Waals surface area contributed by atoms with Crippen LogP contribution in [-0.2, 0) is 4.43 Å². The van der Waals surface area contributed by atoms with Gasteiger partial charge in [-0.15, -0.1) is 6.58 Å². The highest BCUT2D eigenvalue weighted by Crippen LogP contribution is 2.37. The average molecular weight is 369 g/mol. The van der Waals surface area contributed by atoms with E-state index in [4.69, 9.17) is 4.43 Å². The highest BCUT2D eigenvalue weighted by molar-refractivity contribution is 6.99. The zero-order chi connectivity index (χ0) is 19.2. The monoisotopic (exact) mass is 368 g/mol. The van der Waals surface area contributed by atoms with Crippen molar-refractivity contribution in [3.8, 4) is 0 Å². The van der Waals surface area contributed by atoms with Gasteiger partial charge in [-0.2, -0.15) is 0 Å². The van der Waals surface area contributed by atoms with E-state index in [0.717, 1.165) is 0 Å². The third-order valence-corrected chi connectivity index (χ3v) is 9.91. The molecule has 2 rings (SSSR count). The van der Waals surface area contributed by atoms with Gasteiger partial charge in [0.1, 0.15) is 0 Å². The molecule has 0 saturated heterocycles. The van der Waals surface area contributed by atoms with Gasteiger partial charge in [-0.3, -0.25) is 0 Å². The maximum Gasteiger partial charge on any atom is 0.261 e. The van der Waals surface area contributed by atoms with Crippen molar-refractivity contribution in [1.29, 1.82) is 0 Å². The summed E-state index contributed by atoms with van der Waals surface area (Å²) < 4.78 is 6.88. The summed E-state index contributed by atoms with van der Waals surface area (Å²) in [5, 5.41) is 12.3. The SMILES string of the molecule is C=C[C@@H](CO[Si](c1ccccc1)(c1ccccc1)C(C)(C)C)C[C@@H](C)O. The smallest absolute Gasteiger partial charge is 0.261 e. The summed E-state index contributed by atoms with van der Waals surface area (Å²) in [5.41, 5.74) is 0. The Balaban J connectivity index is 2.52. The molecule has 26 heavy (non-hydrogen) atoms. The van der Waals surface area contributed by atoms with Gasteiger partial charge in [-0.05, 0) is 28.8 Å². The zero-order valence-corrected chi connectivity index (χ0v) is 17.5.